The third kappa shape index (κ3) is 5.74. The van der Waals surface area contributed by atoms with Crippen molar-refractivity contribution in [1.82, 2.24) is 5.32 Å². The second kappa shape index (κ2) is 6.80. The van der Waals surface area contributed by atoms with Gasteiger partial charge in [0.2, 0.25) is 5.91 Å². The Hall–Kier alpha value is -0.610. The first-order valence-corrected chi connectivity index (χ1v) is 5.68. The van der Waals surface area contributed by atoms with Crippen molar-refractivity contribution in [3.8, 4) is 0 Å². The van der Waals surface area contributed by atoms with Crippen LogP contribution in [-0.2, 0) is 14.3 Å². The summed E-state index contributed by atoms with van der Waals surface area (Å²) in [5.74, 6) is 0.521. The lowest BCUT2D eigenvalue weighted by Gasteiger charge is -2.23. The molecule has 1 aliphatic rings. The van der Waals surface area contributed by atoms with E-state index in [1.807, 2.05) is 13.8 Å². The highest BCUT2D eigenvalue weighted by Gasteiger charge is 2.14. The van der Waals surface area contributed by atoms with Crippen LogP contribution < -0.4 is 5.32 Å². The Morgan fingerprint density at radius 3 is 2.67 bits per heavy atom. The van der Waals surface area contributed by atoms with Gasteiger partial charge in [-0.25, -0.2) is 0 Å². The third-order valence-corrected chi connectivity index (χ3v) is 2.19. The van der Waals surface area contributed by atoms with Gasteiger partial charge in [-0.3, -0.25) is 4.79 Å². The van der Waals surface area contributed by atoms with Gasteiger partial charge in [0.25, 0.3) is 0 Å². The Morgan fingerprint density at radius 1 is 1.40 bits per heavy atom. The number of amides is 1. The van der Waals surface area contributed by atoms with Crippen molar-refractivity contribution in [2.75, 3.05) is 19.8 Å². The topological polar surface area (TPSA) is 47.6 Å². The maximum absolute atomic E-state index is 11.3. The van der Waals surface area contributed by atoms with Crippen LogP contribution in [0.15, 0.2) is 0 Å². The molecule has 1 rings (SSSR count). The Kier molecular flexibility index (Phi) is 5.65. The summed E-state index contributed by atoms with van der Waals surface area (Å²) < 4.78 is 10.7. The lowest BCUT2D eigenvalue weighted by molar-refractivity contribution is -0.180. The molecule has 4 heteroatoms. The number of ether oxygens (including phenoxy) is 2. The molecule has 0 unspecified atom stereocenters. The summed E-state index contributed by atoms with van der Waals surface area (Å²) in [6.07, 6.45) is 2.17. The molecule has 0 saturated carbocycles. The lowest BCUT2D eigenvalue weighted by atomic mass is 10.1. The molecule has 0 aromatic rings. The number of rotatable bonds is 5. The fraction of sp³-hybridized carbons (Fsp3) is 0.909. The van der Waals surface area contributed by atoms with Crippen molar-refractivity contribution in [3.05, 3.63) is 0 Å². The van der Waals surface area contributed by atoms with Crippen LogP contribution in [0.4, 0.5) is 0 Å². The van der Waals surface area contributed by atoms with Crippen LogP contribution in [0.3, 0.4) is 0 Å². The van der Waals surface area contributed by atoms with Crippen molar-refractivity contribution in [3.63, 3.8) is 0 Å². The quantitative estimate of drug-likeness (QED) is 0.752. The highest BCUT2D eigenvalue weighted by Crippen LogP contribution is 2.07. The largest absolute Gasteiger partial charge is 0.356 e. The maximum atomic E-state index is 11.3. The van der Waals surface area contributed by atoms with E-state index >= 15 is 0 Å². The van der Waals surface area contributed by atoms with Crippen molar-refractivity contribution in [2.45, 2.75) is 39.4 Å². The Labute approximate surface area is 91.3 Å². The zero-order chi connectivity index (χ0) is 11.1. The van der Waals surface area contributed by atoms with E-state index in [1.54, 1.807) is 0 Å². The fourth-order valence-electron chi connectivity index (χ4n) is 1.48. The van der Waals surface area contributed by atoms with Gasteiger partial charge in [0, 0.05) is 19.4 Å². The molecule has 0 aliphatic carbocycles. The molecule has 1 N–H and O–H groups in total. The molecule has 1 saturated heterocycles. The molecule has 1 aliphatic heterocycles. The maximum Gasteiger partial charge on any atom is 0.220 e. The molecule has 1 fully saturated rings. The molecule has 0 radical (unpaired) electrons. The molecular formula is C11H21NO3. The Balaban J connectivity index is 2.02. The number of carbonyl (C=O) groups excluding carboxylic acids is 1. The Morgan fingerprint density at radius 2 is 2.07 bits per heavy atom. The highest BCUT2D eigenvalue weighted by atomic mass is 16.7. The van der Waals surface area contributed by atoms with Gasteiger partial charge < -0.3 is 14.8 Å². The van der Waals surface area contributed by atoms with Crippen LogP contribution in [0.5, 0.6) is 0 Å². The molecule has 88 valence electrons. The summed E-state index contributed by atoms with van der Waals surface area (Å²) >= 11 is 0. The summed E-state index contributed by atoms with van der Waals surface area (Å²) in [5, 5.41) is 2.86. The van der Waals surface area contributed by atoms with Gasteiger partial charge in [-0.05, 0) is 12.3 Å². The average molecular weight is 215 g/mol. The van der Waals surface area contributed by atoms with Crippen LogP contribution in [-0.4, -0.2) is 32.0 Å². The zero-order valence-corrected chi connectivity index (χ0v) is 9.62. The molecule has 1 heterocycles. The van der Waals surface area contributed by atoms with E-state index in [0.29, 0.717) is 18.9 Å². The highest BCUT2D eigenvalue weighted by molar-refractivity contribution is 5.75. The summed E-state index contributed by atoms with van der Waals surface area (Å²) in [7, 11) is 0. The van der Waals surface area contributed by atoms with Gasteiger partial charge >= 0.3 is 0 Å². The summed E-state index contributed by atoms with van der Waals surface area (Å²) in [4.78, 5) is 11.3. The molecule has 0 spiro atoms. The molecule has 0 atom stereocenters. The third-order valence-electron chi connectivity index (χ3n) is 2.19. The summed E-state index contributed by atoms with van der Waals surface area (Å²) in [6, 6.07) is 0. The Bertz CT molecular complexity index is 188. The van der Waals surface area contributed by atoms with Crippen molar-refractivity contribution >= 4 is 5.91 Å². The van der Waals surface area contributed by atoms with Crippen LogP contribution >= 0.6 is 0 Å². The average Bonchev–Trinajstić information content (AvgIpc) is 2.18. The predicted molar refractivity (Wildman–Crippen MR) is 57.4 cm³/mol. The standard InChI is InChI=1S/C11H21NO3/c1-9(2)8-10(13)12-5-4-11-14-6-3-7-15-11/h9,11H,3-8H2,1-2H3,(H,12,13). The van der Waals surface area contributed by atoms with Crippen molar-refractivity contribution in [2.24, 2.45) is 5.92 Å². The smallest absolute Gasteiger partial charge is 0.220 e. The first-order valence-electron chi connectivity index (χ1n) is 5.68. The minimum Gasteiger partial charge on any atom is -0.356 e. The van der Waals surface area contributed by atoms with Gasteiger partial charge in [-0.15, -0.1) is 0 Å². The van der Waals surface area contributed by atoms with Gasteiger partial charge in [0.1, 0.15) is 0 Å². The van der Waals surface area contributed by atoms with E-state index in [2.05, 4.69) is 5.32 Å². The zero-order valence-electron chi connectivity index (χ0n) is 9.62. The second-order valence-corrected chi connectivity index (χ2v) is 4.26. The van der Waals surface area contributed by atoms with E-state index in [0.717, 1.165) is 26.1 Å². The summed E-state index contributed by atoms with van der Waals surface area (Å²) in [6.45, 7) is 6.24. The first-order chi connectivity index (χ1) is 7.18. The molecule has 0 bridgehead atoms. The minimum atomic E-state index is -0.127. The van der Waals surface area contributed by atoms with E-state index in [4.69, 9.17) is 9.47 Å². The minimum absolute atomic E-state index is 0.112. The molecule has 15 heavy (non-hydrogen) atoms. The second-order valence-electron chi connectivity index (χ2n) is 4.26. The van der Waals surface area contributed by atoms with Crippen LogP contribution in [0.2, 0.25) is 0 Å². The molecule has 0 aromatic carbocycles. The number of hydrogen-bond donors (Lipinski definition) is 1. The number of nitrogens with one attached hydrogen (secondary N) is 1. The normalized spacial score (nSPS) is 18.1. The van der Waals surface area contributed by atoms with Gasteiger partial charge in [0.05, 0.1) is 13.2 Å². The monoisotopic (exact) mass is 215 g/mol. The molecular weight excluding hydrogens is 194 g/mol. The van der Waals surface area contributed by atoms with Crippen LogP contribution in [0, 0.1) is 5.92 Å². The van der Waals surface area contributed by atoms with Gasteiger partial charge in [-0.1, -0.05) is 13.8 Å². The summed E-state index contributed by atoms with van der Waals surface area (Å²) in [5.41, 5.74) is 0. The predicted octanol–water partition coefficient (Wildman–Crippen LogP) is 1.30. The fourth-order valence-corrected chi connectivity index (χ4v) is 1.48. The van der Waals surface area contributed by atoms with E-state index < -0.39 is 0 Å². The molecule has 1 amide bonds. The van der Waals surface area contributed by atoms with Gasteiger partial charge in [-0.2, -0.15) is 0 Å². The lowest BCUT2D eigenvalue weighted by Crippen LogP contribution is -2.32. The number of hydrogen-bond acceptors (Lipinski definition) is 3. The number of carbonyl (C=O) groups is 1. The molecule has 4 nitrogen and oxygen atoms in total. The van der Waals surface area contributed by atoms with E-state index in [-0.39, 0.29) is 12.2 Å². The van der Waals surface area contributed by atoms with Crippen LogP contribution in [0.25, 0.3) is 0 Å². The van der Waals surface area contributed by atoms with Crippen molar-refractivity contribution in [1.29, 1.82) is 0 Å². The van der Waals surface area contributed by atoms with E-state index in [1.165, 1.54) is 0 Å². The first kappa shape index (κ1) is 12.5. The molecule has 0 aromatic heterocycles. The van der Waals surface area contributed by atoms with E-state index in [9.17, 15) is 4.79 Å². The van der Waals surface area contributed by atoms with Crippen molar-refractivity contribution < 1.29 is 14.3 Å². The SMILES string of the molecule is CC(C)CC(=O)NCCC1OCCCO1. The van der Waals surface area contributed by atoms with Crippen LogP contribution in [0.1, 0.15) is 33.1 Å². The van der Waals surface area contributed by atoms with Gasteiger partial charge in [0.15, 0.2) is 6.29 Å².